The SMILES string of the molecule is CCC1CCC(CC2CCOC2)(C(=O)O)C1. The summed E-state index contributed by atoms with van der Waals surface area (Å²) in [6.07, 6.45) is 5.85. The largest absolute Gasteiger partial charge is 0.481 e. The van der Waals surface area contributed by atoms with Gasteiger partial charge in [-0.2, -0.15) is 0 Å². The van der Waals surface area contributed by atoms with Crippen molar-refractivity contribution in [3.05, 3.63) is 0 Å². The molecule has 3 atom stereocenters. The van der Waals surface area contributed by atoms with Crippen molar-refractivity contribution >= 4 is 5.97 Å². The van der Waals surface area contributed by atoms with E-state index in [1.807, 2.05) is 0 Å². The van der Waals surface area contributed by atoms with Gasteiger partial charge in [-0.25, -0.2) is 0 Å². The van der Waals surface area contributed by atoms with Gasteiger partial charge >= 0.3 is 5.97 Å². The summed E-state index contributed by atoms with van der Waals surface area (Å²) in [7, 11) is 0. The molecule has 0 spiro atoms. The minimum Gasteiger partial charge on any atom is -0.481 e. The van der Waals surface area contributed by atoms with Crippen molar-refractivity contribution in [1.82, 2.24) is 0 Å². The number of aliphatic carboxylic acids is 1. The van der Waals surface area contributed by atoms with Crippen molar-refractivity contribution in [2.45, 2.75) is 45.4 Å². The summed E-state index contributed by atoms with van der Waals surface area (Å²) >= 11 is 0. The molecule has 16 heavy (non-hydrogen) atoms. The standard InChI is InChI=1S/C13H22O3/c1-2-10-3-5-13(7-10,12(14)15)8-11-4-6-16-9-11/h10-11H,2-9H2,1H3,(H,14,15). The van der Waals surface area contributed by atoms with Crippen molar-refractivity contribution in [3.8, 4) is 0 Å². The summed E-state index contributed by atoms with van der Waals surface area (Å²) in [6.45, 7) is 3.75. The van der Waals surface area contributed by atoms with Crippen LogP contribution in [0.25, 0.3) is 0 Å². The third-order valence-electron chi connectivity index (χ3n) is 4.44. The molecule has 1 heterocycles. The fourth-order valence-electron chi connectivity index (χ4n) is 3.35. The van der Waals surface area contributed by atoms with Crippen molar-refractivity contribution < 1.29 is 14.6 Å². The number of rotatable bonds is 4. The van der Waals surface area contributed by atoms with Crippen LogP contribution in [0.5, 0.6) is 0 Å². The molecule has 1 aliphatic heterocycles. The number of hydrogen-bond acceptors (Lipinski definition) is 2. The maximum absolute atomic E-state index is 11.5. The molecule has 0 radical (unpaired) electrons. The average Bonchev–Trinajstić information content (AvgIpc) is 2.88. The van der Waals surface area contributed by atoms with Crippen molar-refractivity contribution in [1.29, 1.82) is 0 Å². The molecule has 92 valence electrons. The Balaban J connectivity index is 2.01. The van der Waals surface area contributed by atoms with Gasteiger partial charge in [-0.1, -0.05) is 13.3 Å². The summed E-state index contributed by atoms with van der Waals surface area (Å²) in [5, 5.41) is 9.50. The molecule has 3 nitrogen and oxygen atoms in total. The molecule has 0 amide bonds. The minimum atomic E-state index is -0.574. The highest BCUT2D eigenvalue weighted by molar-refractivity contribution is 5.75. The number of carboxylic acids is 1. The Bertz CT molecular complexity index is 258. The first-order valence-electron chi connectivity index (χ1n) is 6.47. The monoisotopic (exact) mass is 226 g/mol. The molecule has 0 aromatic heterocycles. The van der Waals surface area contributed by atoms with E-state index in [1.165, 1.54) is 0 Å². The van der Waals surface area contributed by atoms with Gasteiger partial charge in [0, 0.05) is 13.2 Å². The molecule has 3 heteroatoms. The van der Waals surface area contributed by atoms with Crippen LogP contribution in [0.4, 0.5) is 0 Å². The molecule has 0 aromatic rings. The molecular formula is C13H22O3. The first-order chi connectivity index (χ1) is 7.66. The molecule has 3 unspecified atom stereocenters. The predicted molar refractivity (Wildman–Crippen MR) is 61.2 cm³/mol. The molecule has 1 saturated carbocycles. The summed E-state index contributed by atoms with van der Waals surface area (Å²) in [5.74, 6) is 0.528. The maximum Gasteiger partial charge on any atom is 0.309 e. The van der Waals surface area contributed by atoms with E-state index in [1.54, 1.807) is 0 Å². The lowest BCUT2D eigenvalue weighted by Gasteiger charge is -2.27. The lowest BCUT2D eigenvalue weighted by molar-refractivity contribution is -0.150. The van der Waals surface area contributed by atoms with E-state index in [4.69, 9.17) is 4.74 Å². The third kappa shape index (κ3) is 2.24. The van der Waals surface area contributed by atoms with Crippen LogP contribution in [0.15, 0.2) is 0 Å². The summed E-state index contributed by atoms with van der Waals surface area (Å²) < 4.78 is 5.35. The molecule has 2 fully saturated rings. The lowest BCUT2D eigenvalue weighted by atomic mass is 9.76. The molecule has 2 rings (SSSR count). The zero-order chi connectivity index (χ0) is 11.6. The van der Waals surface area contributed by atoms with E-state index in [9.17, 15) is 9.90 Å². The highest BCUT2D eigenvalue weighted by Gasteiger charge is 2.46. The van der Waals surface area contributed by atoms with Crippen LogP contribution >= 0.6 is 0 Å². The van der Waals surface area contributed by atoms with E-state index >= 15 is 0 Å². The quantitative estimate of drug-likeness (QED) is 0.801. The van der Waals surface area contributed by atoms with Gasteiger partial charge in [0.25, 0.3) is 0 Å². The molecule has 1 N–H and O–H groups in total. The minimum absolute atomic E-state index is 0.432. The summed E-state index contributed by atoms with van der Waals surface area (Å²) in [6, 6.07) is 0. The Morgan fingerprint density at radius 2 is 2.25 bits per heavy atom. The van der Waals surface area contributed by atoms with Gasteiger partial charge in [-0.15, -0.1) is 0 Å². The highest BCUT2D eigenvalue weighted by atomic mass is 16.5. The zero-order valence-corrected chi connectivity index (χ0v) is 10.1. The molecule has 1 saturated heterocycles. The fraction of sp³-hybridized carbons (Fsp3) is 0.923. The van der Waals surface area contributed by atoms with Crippen LogP contribution in [0, 0.1) is 17.3 Å². The molecule has 0 aromatic carbocycles. The van der Waals surface area contributed by atoms with Gasteiger partial charge in [-0.05, 0) is 43.9 Å². The second kappa shape index (κ2) is 4.74. The number of hydrogen-bond donors (Lipinski definition) is 1. The van der Waals surface area contributed by atoms with Crippen molar-refractivity contribution in [2.24, 2.45) is 17.3 Å². The van der Waals surface area contributed by atoms with Crippen LogP contribution in [0.2, 0.25) is 0 Å². The second-order valence-electron chi connectivity index (χ2n) is 5.54. The van der Waals surface area contributed by atoms with Gasteiger partial charge < -0.3 is 9.84 Å². The summed E-state index contributed by atoms with van der Waals surface area (Å²) in [5.41, 5.74) is -0.432. The van der Waals surface area contributed by atoms with Gasteiger partial charge in [0.05, 0.1) is 5.41 Å². The normalized spacial score (nSPS) is 39.1. The summed E-state index contributed by atoms with van der Waals surface area (Å²) in [4.78, 5) is 11.5. The van der Waals surface area contributed by atoms with E-state index in [2.05, 4.69) is 6.92 Å². The molecule has 1 aliphatic carbocycles. The Kier molecular flexibility index (Phi) is 3.53. The Morgan fingerprint density at radius 1 is 1.44 bits per heavy atom. The third-order valence-corrected chi connectivity index (χ3v) is 4.44. The Labute approximate surface area is 97.2 Å². The van der Waals surface area contributed by atoms with E-state index in [-0.39, 0.29) is 0 Å². The first kappa shape index (κ1) is 11.9. The lowest BCUT2D eigenvalue weighted by Crippen LogP contribution is -2.31. The predicted octanol–water partition coefficient (Wildman–Crippen LogP) is 2.69. The number of carboxylic acid groups (broad SMARTS) is 1. The van der Waals surface area contributed by atoms with Crippen molar-refractivity contribution in [2.75, 3.05) is 13.2 Å². The molecule has 2 aliphatic rings. The Hall–Kier alpha value is -0.570. The Morgan fingerprint density at radius 3 is 2.75 bits per heavy atom. The smallest absolute Gasteiger partial charge is 0.309 e. The van der Waals surface area contributed by atoms with E-state index in [0.717, 1.165) is 51.7 Å². The van der Waals surface area contributed by atoms with E-state index < -0.39 is 11.4 Å². The fourth-order valence-corrected chi connectivity index (χ4v) is 3.35. The van der Waals surface area contributed by atoms with Crippen molar-refractivity contribution in [3.63, 3.8) is 0 Å². The first-order valence-corrected chi connectivity index (χ1v) is 6.47. The van der Waals surface area contributed by atoms with Crippen LogP contribution < -0.4 is 0 Å². The topological polar surface area (TPSA) is 46.5 Å². The second-order valence-corrected chi connectivity index (χ2v) is 5.54. The number of carbonyl (C=O) groups is 1. The van der Waals surface area contributed by atoms with Crippen LogP contribution in [0.3, 0.4) is 0 Å². The van der Waals surface area contributed by atoms with Crippen LogP contribution in [0.1, 0.15) is 45.4 Å². The zero-order valence-electron chi connectivity index (χ0n) is 10.1. The highest BCUT2D eigenvalue weighted by Crippen LogP contribution is 2.48. The average molecular weight is 226 g/mol. The number of ether oxygens (including phenoxy) is 1. The van der Waals surface area contributed by atoms with E-state index in [0.29, 0.717) is 11.8 Å². The maximum atomic E-state index is 11.5. The van der Waals surface area contributed by atoms with Gasteiger partial charge in [0.1, 0.15) is 0 Å². The molecule has 0 bridgehead atoms. The van der Waals surface area contributed by atoms with Gasteiger partial charge in [0.2, 0.25) is 0 Å². The van der Waals surface area contributed by atoms with Gasteiger partial charge in [0.15, 0.2) is 0 Å². The van der Waals surface area contributed by atoms with Gasteiger partial charge in [-0.3, -0.25) is 4.79 Å². The molecular weight excluding hydrogens is 204 g/mol. The van der Waals surface area contributed by atoms with Crippen LogP contribution in [-0.4, -0.2) is 24.3 Å². The van der Waals surface area contributed by atoms with Crippen LogP contribution in [-0.2, 0) is 9.53 Å².